The van der Waals surface area contributed by atoms with Gasteiger partial charge in [0.05, 0.1) is 23.3 Å². The third-order valence-electron chi connectivity index (χ3n) is 2.98. The number of rotatable bonds is 2. The van der Waals surface area contributed by atoms with Crippen LogP contribution in [0.1, 0.15) is 12.5 Å². The highest BCUT2D eigenvalue weighted by Crippen LogP contribution is 2.21. The minimum Gasteiger partial charge on any atom is -0.398 e. The van der Waals surface area contributed by atoms with Crippen LogP contribution in [0.25, 0.3) is 0 Å². The van der Waals surface area contributed by atoms with Crippen LogP contribution in [0, 0.1) is 0 Å². The lowest BCUT2D eigenvalue weighted by Gasteiger charge is -2.31. The molecule has 6 heteroatoms. The van der Waals surface area contributed by atoms with E-state index in [1.807, 2.05) is 6.07 Å². The van der Waals surface area contributed by atoms with Crippen molar-refractivity contribution in [2.75, 3.05) is 12.3 Å². The van der Waals surface area contributed by atoms with Gasteiger partial charge in [-0.05, 0) is 24.6 Å². The summed E-state index contributed by atoms with van der Waals surface area (Å²) in [5.41, 5.74) is 7.14. The lowest BCUT2D eigenvalue weighted by atomic mass is 10.1. The summed E-state index contributed by atoms with van der Waals surface area (Å²) in [7, 11) is 0. The SMILES string of the molecule is CC1C(=O)NC(=O)CN1Cc1ccc(Cl)c(N)c1. The van der Waals surface area contributed by atoms with Crippen molar-refractivity contribution in [3.8, 4) is 0 Å². The average Bonchev–Trinajstić information content (AvgIpc) is 2.30. The number of nitrogens with one attached hydrogen (secondary N) is 1. The molecule has 96 valence electrons. The lowest BCUT2D eigenvalue weighted by molar-refractivity contribution is -0.139. The van der Waals surface area contributed by atoms with Gasteiger partial charge in [0, 0.05) is 6.54 Å². The van der Waals surface area contributed by atoms with E-state index in [0.717, 1.165) is 5.56 Å². The first-order valence-corrected chi connectivity index (χ1v) is 5.97. The van der Waals surface area contributed by atoms with E-state index in [2.05, 4.69) is 5.32 Å². The van der Waals surface area contributed by atoms with Crippen molar-refractivity contribution in [3.05, 3.63) is 28.8 Å². The Morgan fingerprint density at radius 2 is 2.22 bits per heavy atom. The van der Waals surface area contributed by atoms with Crippen molar-refractivity contribution in [1.29, 1.82) is 0 Å². The van der Waals surface area contributed by atoms with Crippen LogP contribution in [0.2, 0.25) is 5.02 Å². The molecule has 18 heavy (non-hydrogen) atoms. The van der Waals surface area contributed by atoms with Gasteiger partial charge in [-0.1, -0.05) is 17.7 Å². The van der Waals surface area contributed by atoms with E-state index in [-0.39, 0.29) is 24.4 Å². The highest BCUT2D eigenvalue weighted by Gasteiger charge is 2.29. The zero-order valence-electron chi connectivity index (χ0n) is 9.94. The number of amides is 2. The van der Waals surface area contributed by atoms with Gasteiger partial charge >= 0.3 is 0 Å². The van der Waals surface area contributed by atoms with Gasteiger partial charge in [-0.15, -0.1) is 0 Å². The molecule has 5 nitrogen and oxygen atoms in total. The van der Waals surface area contributed by atoms with E-state index in [9.17, 15) is 9.59 Å². The van der Waals surface area contributed by atoms with Crippen molar-refractivity contribution in [2.24, 2.45) is 0 Å². The van der Waals surface area contributed by atoms with E-state index < -0.39 is 0 Å². The molecule has 1 unspecified atom stereocenters. The lowest BCUT2D eigenvalue weighted by Crippen LogP contribution is -2.56. The molecule has 1 atom stereocenters. The molecule has 1 aromatic rings. The van der Waals surface area contributed by atoms with Gasteiger partial charge in [0.2, 0.25) is 11.8 Å². The van der Waals surface area contributed by atoms with Crippen molar-refractivity contribution in [1.82, 2.24) is 10.2 Å². The van der Waals surface area contributed by atoms with E-state index in [0.29, 0.717) is 17.3 Å². The fraction of sp³-hybridized carbons (Fsp3) is 0.333. The van der Waals surface area contributed by atoms with Crippen LogP contribution in [-0.4, -0.2) is 29.3 Å². The third kappa shape index (κ3) is 2.63. The number of anilines is 1. The number of hydrogen-bond acceptors (Lipinski definition) is 4. The molecule has 0 aromatic heterocycles. The van der Waals surface area contributed by atoms with Crippen LogP contribution < -0.4 is 11.1 Å². The first-order chi connectivity index (χ1) is 8.47. The third-order valence-corrected chi connectivity index (χ3v) is 3.33. The van der Waals surface area contributed by atoms with E-state index >= 15 is 0 Å². The number of imide groups is 1. The number of halogens is 1. The molecule has 0 spiro atoms. The second kappa shape index (κ2) is 4.96. The van der Waals surface area contributed by atoms with Gasteiger partial charge in [-0.25, -0.2) is 0 Å². The quantitative estimate of drug-likeness (QED) is 0.613. The fourth-order valence-corrected chi connectivity index (χ4v) is 2.01. The largest absolute Gasteiger partial charge is 0.398 e. The van der Waals surface area contributed by atoms with Crippen molar-refractivity contribution in [3.63, 3.8) is 0 Å². The molecule has 3 N–H and O–H groups in total. The highest BCUT2D eigenvalue weighted by atomic mass is 35.5. The highest BCUT2D eigenvalue weighted by molar-refractivity contribution is 6.33. The zero-order chi connectivity index (χ0) is 13.3. The minimum absolute atomic E-state index is 0.204. The van der Waals surface area contributed by atoms with Crippen molar-refractivity contribution in [2.45, 2.75) is 19.5 Å². The topological polar surface area (TPSA) is 75.4 Å². The minimum atomic E-state index is -0.334. The normalized spacial score (nSPS) is 20.9. The molecule has 0 bridgehead atoms. The smallest absolute Gasteiger partial charge is 0.243 e. The standard InChI is InChI=1S/C12H14ClN3O2/c1-7-12(18)15-11(17)6-16(7)5-8-2-3-9(13)10(14)4-8/h2-4,7H,5-6,14H2,1H3,(H,15,17,18). The molecule has 0 saturated carbocycles. The maximum absolute atomic E-state index is 11.5. The Morgan fingerprint density at radius 3 is 2.89 bits per heavy atom. The fourth-order valence-electron chi connectivity index (χ4n) is 1.89. The van der Waals surface area contributed by atoms with Crippen LogP contribution in [-0.2, 0) is 16.1 Å². The van der Waals surface area contributed by atoms with Gasteiger partial charge in [0.1, 0.15) is 0 Å². The van der Waals surface area contributed by atoms with Crippen LogP contribution in [0.3, 0.4) is 0 Å². The van der Waals surface area contributed by atoms with Crippen LogP contribution >= 0.6 is 11.6 Å². The van der Waals surface area contributed by atoms with Crippen LogP contribution in [0.4, 0.5) is 5.69 Å². The first-order valence-electron chi connectivity index (χ1n) is 5.59. The molecule has 1 aromatic carbocycles. The first kappa shape index (κ1) is 12.9. The Kier molecular flexibility index (Phi) is 3.54. The van der Waals surface area contributed by atoms with Gasteiger partial charge < -0.3 is 5.73 Å². The summed E-state index contributed by atoms with van der Waals surface area (Å²) in [6, 6.07) is 4.97. The summed E-state index contributed by atoms with van der Waals surface area (Å²) in [4.78, 5) is 24.6. The van der Waals surface area contributed by atoms with Crippen molar-refractivity contribution < 1.29 is 9.59 Å². The Bertz CT molecular complexity index is 504. The molecule has 0 aliphatic carbocycles. The van der Waals surface area contributed by atoms with E-state index in [1.54, 1.807) is 24.0 Å². The molecule has 1 heterocycles. The molecule has 1 fully saturated rings. The van der Waals surface area contributed by atoms with E-state index in [4.69, 9.17) is 17.3 Å². The van der Waals surface area contributed by atoms with E-state index in [1.165, 1.54) is 0 Å². The number of carbonyl (C=O) groups is 2. The second-order valence-corrected chi connectivity index (χ2v) is 4.76. The summed E-state index contributed by atoms with van der Waals surface area (Å²) < 4.78 is 0. The summed E-state index contributed by atoms with van der Waals surface area (Å²) >= 11 is 5.84. The molecule has 2 amide bonds. The van der Waals surface area contributed by atoms with Gasteiger partial charge in [0.25, 0.3) is 0 Å². The number of benzene rings is 1. The average molecular weight is 268 g/mol. The summed E-state index contributed by atoms with van der Waals surface area (Å²) in [5, 5.41) is 2.80. The number of hydrogen-bond donors (Lipinski definition) is 2. The number of nitrogens with zero attached hydrogens (tertiary/aromatic N) is 1. The molecular weight excluding hydrogens is 254 g/mol. The molecule has 1 aliphatic heterocycles. The monoisotopic (exact) mass is 267 g/mol. The Morgan fingerprint density at radius 1 is 1.50 bits per heavy atom. The summed E-state index contributed by atoms with van der Waals surface area (Å²) in [5.74, 6) is -0.548. The number of carbonyl (C=O) groups excluding carboxylic acids is 2. The Hall–Kier alpha value is -1.59. The zero-order valence-corrected chi connectivity index (χ0v) is 10.7. The van der Waals surface area contributed by atoms with Gasteiger partial charge in [0.15, 0.2) is 0 Å². The summed E-state index contributed by atoms with van der Waals surface area (Å²) in [6.45, 7) is 2.46. The number of nitrogens with two attached hydrogens (primary N) is 1. The molecule has 1 saturated heterocycles. The predicted molar refractivity (Wildman–Crippen MR) is 68.9 cm³/mol. The van der Waals surface area contributed by atoms with Crippen LogP contribution in [0.15, 0.2) is 18.2 Å². The second-order valence-electron chi connectivity index (χ2n) is 4.35. The molecular formula is C12H14ClN3O2. The summed E-state index contributed by atoms with van der Waals surface area (Å²) in [6.07, 6.45) is 0. The Balaban J connectivity index is 2.14. The van der Waals surface area contributed by atoms with Gasteiger partial charge in [-0.3, -0.25) is 19.8 Å². The molecule has 1 aliphatic rings. The molecule has 0 radical (unpaired) electrons. The van der Waals surface area contributed by atoms with Gasteiger partial charge in [-0.2, -0.15) is 0 Å². The number of piperazine rings is 1. The van der Waals surface area contributed by atoms with Crippen LogP contribution in [0.5, 0.6) is 0 Å². The number of nitrogen functional groups attached to an aromatic ring is 1. The molecule has 2 rings (SSSR count). The van der Waals surface area contributed by atoms with Crippen molar-refractivity contribution >= 4 is 29.1 Å². The predicted octanol–water partition coefficient (Wildman–Crippen LogP) is 0.769. The Labute approximate surface area is 110 Å². The maximum atomic E-state index is 11.5. The maximum Gasteiger partial charge on any atom is 0.243 e.